The zero-order valence-electron chi connectivity index (χ0n) is 20.6. The molecule has 2 aliphatic rings. The van der Waals surface area contributed by atoms with Crippen LogP contribution in [0.4, 0.5) is 4.79 Å². The molecule has 0 bridgehead atoms. The number of likely N-dealkylation sites (tertiary alicyclic amines) is 1. The number of hydrogen-bond acceptors (Lipinski definition) is 4. The molecule has 0 radical (unpaired) electrons. The van der Waals surface area contributed by atoms with E-state index in [1.807, 2.05) is 45.0 Å². The van der Waals surface area contributed by atoms with E-state index in [0.29, 0.717) is 13.1 Å². The van der Waals surface area contributed by atoms with Gasteiger partial charge < -0.3 is 20.1 Å². The number of nitrogens with zero attached hydrogens (tertiary/aromatic N) is 1. The molecule has 186 valence electrons. The molecule has 1 unspecified atom stereocenters. The lowest BCUT2D eigenvalue weighted by molar-refractivity contribution is -0.142. The number of nitrogens with one attached hydrogen (secondary N) is 1. The van der Waals surface area contributed by atoms with Crippen molar-refractivity contribution in [1.29, 1.82) is 0 Å². The van der Waals surface area contributed by atoms with Gasteiger partial charge in [0.1, 0.15) is 12.6 Å². The molecule has 2 aromatic rings. The molecule has 1 fully saturated rings. The average molecular weight is 479 g/mol. The minimum absolute atomic E-state index is 0.0454. The van der Waals surface area contributed by atoms with E-state index in [1.165, 1.54) is 0 Å². The van der Waals surface area contributed by atoms with Crippen molar-refractivity contribution in [1.82, 2.24) is 10.2 Å². The standard InChI is InChI=1S/C28H34N2O5/c1-28(2,3)25(26(33)30-14-8-9-18(16-30)15-24(31)32)29-27(34)35-17-23-21-12-6-4-10-19(21)20-11-5-7-13-22(20)23/h4-7,10-13,18,23,25H,8-9,14-17H2,1-3H3,(H,29,34)(H,31,32)/t18?,25-/m1/s1. The summed E-state index contributed by atoms with van der Waals surface area (Å²) in [5, 5.41) is 12.0. The van der Waals surface area contributed by atoms with Crippen molar-refractivity contribution >= 4 is 18.0 Å². The summed E-state index contributed by atoms with van der Waals surface area (Å²) in [7, 11) is 0. The van der Waals surface area contributed by atoms with Crippen molar-refractivity contribution in [3.05, 3.63) is 59.7 Å². The Kier molecular flexibility index (Phi) is 7.15. The van der Waals surface area contributed by atoms with E-state index in [0.717, 1.165) is 35.1 Å². The summed E-state index contributed by atoms with van der Waals surface area (Å²) in [5.41, 5.74) is 4.02. The highest BCUT2D eigenvalue weighted by molar-refractivity contribution is 5.87. The van der Waals surface area contributed by atoms with Crippen LogP contribution in [0.25, 0.3) is 11.1 Å². The lowest BCUT2D eigenvalue weighted by Gasteiger charge is -2.38. The van der Waals surface area contributed by atoms with Crippen molar-refractivity contribution < 1.29 is 24.2 Å². The van der Waals surface area contributed by atoms with Crippen LogP contribution in [0.1, 0.15) is 57.1 Å². The molecule has 0 aromatic heterocycles. The number of alkyl carbamates (subject to hydrolysis) is 1. The second kappa shape index (κ2) is 10.1. The highest BCUT2D eigenvalue weighted by atomic mass is 16.5. The fraction of sp³-hybridized carbons (Fsp3) is 0.464. The molecule has 1 saturated heterocycles. The Morgan fingerprint density at radius 2 is 1.66 bits per heavy atom. The first-order valence-electron chi connectivity index (χ1n) is 12.3. The van der Waals surface area contributed by atoms with Gasteiger partial charge in [-0.2, -0.15) is 0 Å². The minimum Gasteiger partial charge on any atom is -0.481 e. The summed E-state index contributed by atoms with van der Waals surface area (Å²) in [5.74, 6) is -1.18. The van der Waals surface area contributed by atoms with Gasteiger partial charge in [-0.3, -0.25) is 9.59 Å². The second-order valence-corrected chi connectivity index (χ2v) is 10.7. The molecule has 7 heteroatoms. The number of amides is 2. The maximum Gasteiger partial charge on any atom is 0.407 e. The number of hydrogen-bond donors (Lipinski definition) is 2. The van der Waals surface area contributed by atoms with Crippen molar-refractivity contribution in [2.45, 2.75) is 52.0 Å². The van der Waals surface area contributed by atoms with Gasteiger partial charge in [0.25, 0.3) is 0 Å². The number of piperidine rings is 1. The summed E-state index contributed by atoms with van der Waals surface area (Å²) in [4.78, 5) is 39.1. The largest absolute Gasteiger partial charge is 0.481 e. The molecule has 2 atom stereocenters. The Labute approximate surface area is 206 Å². The molecule has 35 heavy (non-hydrogen) atoms. The van der Waals surface area contributed by atoms with Crippen LogP contribution in [0, 0.1) is 11.3 Å². The molecule has 2 aromatic carbocycles. The number of fused-ring (bicyclic) bond motifs is 3. The van der Waals surface area contributed by atoms with Crippen LogP contribution in [0.2, 0.25) is 0 Å². The van der Waals surface area contributed by atoms with E-state index in [1.54, 1.807) is 4.90 Å². The van der Waals surface area contributed by atoms with Gasteiger partial charge in [0.2, 0.25) is 5.91 Å². The number of carboxylic acid groups (broad SMARTS) is 1. The van der Waals surface area contributed by atoms with Crippen molar-refractivity contribution in [2.75, 3.05) is 19.7 Å². The fourth-order valence-electron chi connectivity index (χ4n) is 5.27. The number of ether oxygens (including phenoxy) is 1. The molecule has 2 N–H and O–H groups in total. The van der Waals surface area contributed by atoms with E-state index in [9.17, 15) is 14.4 Å². The van der Waals surface area contributed by atoms with Gasteiger partial charge in [0.05, 0.1) is 0 Å². The molecule has 1 heterocycles. The van der Waals surface area contributed by atoms with Crippen LogP contribution in [-0.2, 0) is 14.3 Å². The smallest absolute Gasteiger partial charge is 0.407 e. The Hall–Kier alpha value is -3.35. The maximum absolute atomic E-state index is 13.4. The molecule has 4 rings (SSSR count). The predicted octanol–water partition coefficient (Wildman–Crippen LogP) is 4.65. The van der Waals surface area contributed by atoms with Crippen LogP contribution in [0.5, 0.6) is 0 Å². The van der Waals surface area contributed by atoms with E-state index in [2.05, 4.69) is 29.6 Å². The quantitative estimate of drug-likeness (QED) is 0.630. The summed E-state index contributed by atoms with van der Waals surface area (Å²) < 4.78 is 5.68. The van der Waals surface area contributed by atoms with Crippen molar-refractivity contribution in [2.24, 2.45) is 11.3 Å². The zero-order chi connectivity index (χ0) is 25.2. The Bertz CT molecular complexity index is 1060. The van der Waals surface area contributed by atoms with Gasteiger partial charge in [0, 0.05) is 25.4 Å². The van der Waals surface area contributed by atoms with E-state index < -0.39 is 23.5 Å². The third-order valence-electron chi connectivity index (χ3n) is 7.01. The first kappa shape index (κ1) is 24.8. The first-order chi connectivity index (χ1) is 16.6. The van der Waals surface area contributed by atoms with Crippen LogP contribution in [0.15, 0.2) is 48.5 Å². The average Bonchev–Trinajstić information content (AvgIpc) is 3.13. The Morgan fingerprint density at radius 3 is 2.23 bits per heavy atom. The van der Waals surface area contributed by atoms with Crippen molar-refractivity contribution in [3.63, 3.8) is 0 Å². The number of carboxylic acids is 1. The van der Waals surface area contributed by atoms with Gasteiger partial charge in [-0.15, -0.1) is 0 Å². The lowest BCUT2D eigenvalue weighted by Crippen LogP contribution is -2.56. The highest BCUT2D eigenvalue weighted by Gasteiger charge is 2.38. The monoisotopic (exact) mass is 478 g/mol. The normalized spacial score (nSPS) is 18.4. The number of carbonyl (C=O) groups excluding carboxylic acids is 2. The molecule has 0 saturated carbocycles. The molecule has 1 aliphatic carbocycles. The summed E-state index contributed by atoms with van der Waals surface area (Å²) in [6.07, 6.45) is 0.963. The third kappa shape index (κ3) is 5.50. The van der Waals surface area contributed by atoms with Crippen LogP contribution in [-0.4, -0.2) is 53.7 Å². The van der Waals surface area contributed by atoms with Gasteiger partial charge in [-0.1, -0.05) is 69.3 Å². The van der Waals surface area contributed by atoms with Crippen LogP contribution >= 0.6 is 0 Å². The van der Waals surface area contributed by atoms with Gasteiger partial charge >= 0.3 is 12.1 Å². The summed E-state index contributed by atoms with van der Waals surface area (Å²) in [6.45, 7) is 6.83. The maximum atomic E-state index is 13.4. The number of rotatable bonds is 6. The molecule has 1 aliphatic heterocycles. The third-order valence-corrected chi connectivity index (χ3v) is 7.01. The second-order valence-electron chi connectivity index (χ2n) is 10.7. The van der Waals surface area contributed by atoms with Gasteiger partial charge in [-0.05, 0) is 46.4 Å². The molecular weight excluding hydrogens is 444 g/mol. The number of aliphatic carboxylic acids is 1. The Balaban J connectivity index is 1.43. The van der Waals surface area contributed by atoms with Crippen LogP contribution < -0.4 is 5.32 Å². The molecular formula is C28H34N2O5. The van der Waals surface area contributed by atoms with E-state index in [4.69, 9.17) is 9.84 Å². The molecule has 2 amide bonds. The minimum atomic E-state index is -0.853. The van der Waals surface area contributed by atoms with Gasteiger partial charge in [0.15, 0.2) is 0 Å². The molecule has 0 spiro atoms. The van der Waals surface area contributed by atoms with E-state index in [-0.39, 0.29) is 30.8 Å². The highest BCUT2D eigenvalue weighted by Crippen LogP contribution is 2.44. The first-order valence-corrected chi connectivity index (χ1v) is 12.3. The zero-order valence-corrected chi connectivity index (χ0v) is 20.6. The van der Waals surface area contributed by atoms with E-state index >= 15 is 0 Å². The SMILES string of the molecule is CC(C)(C)[C@H](NC(=O)OCC1c2ccccc2-c2ccccc21)C(=O)N1CCCC(CC(=O)O)C1. The summed E-state index contributed by atoms with van der Waals surface area (Å²) in [6, 6.07) is 15.5. The topological polar surface area (TPSA) is 95.9 Å². The van der Waals surface area contributed by atoms with Crippen LogP contribution in [0.3, 0.4) is 0 Å². The lowest BCUT2D eigenvalue weighted by atomic mass is 9.85. The Morgan fingerprint density at radius 1 is 1.06 bits per heavy atom. The number of benzene rings is 2. The molecule has 7 nitrogen and oxygen atoms in total. The fourth-order valence-corrected chi connectivity index (χ4v) is 5.27. The predicted molar refractivity (Wildman–Crippen MR) is 133 cm³/mol. The summed E-state index contributed by atoms with van der Waals surface area (Å²) >= 11 is 0. The number of carbonyl (C=O) groups is 3. The van der Waals surface area contributed by atoms with Gasteiger partial charge in [-0.25, -0.2) is 4.79 Å². The van der Waals surface area contributed by atoms with Crippen molar-refractivity contribution in [3.8, 4) is 11.1 Å².